The molecule has 2 heterocycles. The number of carbonyl (C=O) groups excluding carboxylic acids is 1. The summed E-state index contributed by atoms with van der Waals surface area (Å²) < 4.78 is 1.00. The van der Waals surface area contributed by atoms with Crippen LogP contribution in [0.15, 0.2) is 24.3 Å². The van der Waals surface area contributed by atoms with Gasteiger partial charge in [-0.25, -0.2) is 4.98 Å². The van der Waals surface area contributed by atoms with Gasteiger partial charge in [0.05, 0.1) is 10.2 Å². The molecule has 1 N–H and O–H groups in total. The molecule has 0 saturated carbocycles. The van der Waals surface area contributed by atoms with Crippen molar-refractivity contribution in [2.24, 2.45) is 0 Å². The third-order valence-corrected chi connectivity index (χ3v) is 4.85. The molecule has 1 amide bonds. The monoisotopic (exact) mass is 318 g/mol. The van der Waals surface area contributed by atoms with Gasteiger partial charge >= 0.3 is 0 Å². The molecule has 3 aromatic rings. The van der Waals surface area contributed by atoms with Gasteiger partial charge < -0.3 is 0 Å². The maximum Gasteiger partial charge on any atom is 0.286 e. The Bertz CT molecular complexity index is 732. The van der Waals surface area contributed by atoms with Gasteiger partial charge in [-0.3, -0.25) is 10.1 Å². The smallest absolute Gasteiger partial charge is 0.286 e. The molecule has 5 nitrogen and oxygen atoms in total. The van der Waals surface area contributed by atoms with Crippen LogP contribution in [0.3, 0.4) is 0 Å². The van der Waals surface area contributed by atoms with E-state index in [0.29, 0.717) is 10.1 Å². The molecule has 3 rings (SSSR count). The van der Waals surface area contributed by atoms with Crippen LogP contribution in [0.1, 0.15) is 34.6 Å². The van der Waals surface area contributed by atoms with E-state index in [2.05, 4.69) is 27.4 Å². The zero-order chi connectivity index (χ0) is 14.7. The van der Waals surface area contributed by atoms with Gasteiger partial charge in [-0.15, -0.1) is 21.5 Å². The number of nitrogens with zero attached hydrogens (tertiary/aromatic N) is 3. The van der Waals surface area contributed by atoms with Crippen LogP contribution < -0.4 is 5.32 Å². The van der Waals surface area contributed by atoms with Crippen LogP contribution in [0.2, 0.25) is 0 Å². The Morgan fingerprint density at radius 1 is 1.24 bits per heavy atom. The Morgan fingerprint density at radius 3 is 2.90 bits per heavy atom. The fraction of sp³-hybridized carbons (Fsp3) is 0.286. The van der Waals surface area contributed by atoms with Crippen LogP contribution in [0.4, 0.5) is 5.13 Å². The maximum absolute atomic E-state index is 12.2. The van der Waals surface area contributed by atoms with Crippen molar-refractivity contribution in [1.29, 1.82) is 0 Å². The quantitative estimate of drug-likeness (QED) is 0.778. The van der Waals surface area contributed by atoms with E-state index in [1.807, 2.05) is 24.3 Å². The van der Waals surface area contributed by atoms with Gasteiger partial charge in [0.25, 0.3) is 5.91 Å². The number of para-hydroxylation sites is 1. The minimum Gasteiger partial charge on any atom is -0.294 e. The number of aryl methyl sites for hydroxylation is 1. The topological polar surface area (TPSA) is 67.8 Å². The van der Waals surface area contributed by atoms with E-state index >= 15 is 0 Å². The molecule has 1 aromatic carbocycles. The molecule has 0 saturated heterocycles. The Balaban J connectivity index is 1.72. The largest absolute Gasteiger partial charge is 0.294 e. The van der Waals surface area contributed by atoms with Gasteiger partial charge in [-0.1, -0.05) is 36.8 Å². The molecule has 0 aliphatic rings. The number of unbranched alkanes of at least 4 members (excludes halogenated alkanes) is 1. The zero-order valence-corrected chi connectivity index (χ0v) is 13.1. The van der Waals surface area contributed by atoms with E-state index in [9.17, 15) is 4.79 Å². The van der Waals surface area contributed by atoms with Crippen LogP contribution in [0.25, 0.3) is 10.2 Å². The number of thiazole rings is 1. The number of carbonyl (C=O) groups is 1. The van der Waals surface area contributed by atoms with E-state index in [0.717, 1.165) is 34.5 Å². The zero-order valence-electron chi connectivity index (χ0n) is 11.5. The van der Waals surface area contributed by atoms with Crippen molar-refractivity contribution in [3.05, 3.63) is 34.3 Å². The summed E-state index contributed by atoms with van der Waals surface area (Å²) in [4.78, 5) is 16.5. The molecule has 0 aliphatic heterocycles. The lowest BCUT2D eigenvalue weighted by Gasteiger charge is -1.95. The Labute approximate surface area is 130 Å². The van der Waals surface area contributed by atoms with E-state index in [-0.39, 0.29) is 5.91 Å². The summed E-state index contributed by atoms with van der Waals surface area (Å²) in [5.41, 5.74) is 0.841. The van der Waals surface area contributed by atoms with Crippen LogP contribution in [0, 0.1) is 0 Å². The van der Waals surface area contributed by atoms with Crippen molar-refractivity contribution < 1.29 is 4.79 Å². The third kappa shape index (κ3) is 3.25. The molecule has 0 spiro atoms. The van der Waals surface area contributed by atoms with Crippen molar-refractivity contribution in [2.75, 3.05) is 5.32 Å². The molecule has 0 bridgehead atoms. The van der Waals surface area contributed by atoms with Crippen LogP contribution in [-0.4, -0.2) is 21.1 Å². The van der Waals surface area contributed by atoms with E-state index in [4.69, 9.17) is 0 Å². The molecule has 21 heavy (non-hydrogen) atoms. The number of hydrogen-bond acceptors (Lipinski definition) is 6. The summed E-state index contributed by atoms with van der Waals surface area (Å²) in [5, 5.41) is 12.8. The molecule has 7 heteroatoms. The minimum absolute atomic E-state index is 0.227. The highest BCUT2D eigenvalue weighted by Gasteiger charge is 2.14. The molecule has 0 fully saturated rings. The number of nitrogens with one attached hydrogen (secondary N) is 1. The summed E-state index contributed by atoms with van der Waals surface area (Å²) in [7, 11) is 0. The summed E-state index contributed by atoms with van der Waals surface area (Å²) in [6.45, 7) is 2.14. The summed E-state index contributed by atoms with van der Waals surface area (Å²) in [6.07, 6.45) is 3.11. The first-order valence-corrected chi connectivity index (χ1v) is 8.39. The van der Waals surface area contributed by atoms with Crippen LogP contribution in [0.5, 0.6) is 0 Å². The first-order chi connectivity index (χ1) is 10.3. The van der Waals surface area contributed by atoms with E-state index in [1.54, 1.807) is 0 Å². The Morgan fingerprint density at radius 2 is 2.10 bits per heavy atom. The van der Waals surface area contributed by atoms with E-state index in [1.165, 1.54) is 22.7 Å². The van der Waals surface area contributed by atoms with Crippen molar-refractivity contribution >= 4 is 43.9 Å². The number of rotatable bonds is 5. The fourth-order valence-electron chi connectivity index (χ4n) is 1.85. The van der Waals surface area contributed by atoms with E-state index < -0.39 is 0 Å². The first kappa shape index (κ1) is 14.1. The minimum atomic E-state index is -0.227. The number of aromatic nitrogens is 3. The normalized spacial score (nSPS) is 10.9. The average Bonchev–Trinajstić information content (AvgIpc) is 3.11. The molecule has 0 unspecified atom stereocenters. The molecule has 0 radical (unpaired) electrons. The Hall–Kier alpha value is -1.86. The van der Waals surface area contributed by atoms with Gasteiger partial charge in [-0.2, -0.15) is 0 Å². The highest BCUT2D eigenvalue weighted by Crippen LogP contribution is 2.23. The predicted octanol–water partition coefficient (Wildman–Crippen LogP) is 3.74. The SMILES string of the molecule is CCCCc1nnc(NC(=O)c2nc3ccccc3s2)s1. The van der Waals surface area contributed by atoms with Crippen molar-refractivity contribution in [1.82, 2.24) is 15.2 Å². The summed E-state index contributed by atoms with van der Waals surface area (Å²) in [5.74, 6) is -0.227. The van der Waals surface area contributed by atoms with Crippen LogP contribution >= 0.6 is 22.7 Å². The van der Waals surface area contributed by atoms with Gasteiger partial charge in [0, 0.05) is 6.42 Å². The average molecular weight is 318 g/mol. The number of fused-ring (bicyclic) bond motifs is 1. The van der Waals surface area contributed by atoms with Gasteiger partial charge in [0.1, 0.15) is 5.01 Å². The lowest BCUT2D eigenvalue weighted by atomic mass is 10.3. The standard InChI is InChI=1S/C14H14N4OS2/c1-2-3-8-11-17-18-14(21-11)16-12(19)13-15-9-6-4-5-7-10(9)20-13/h4-7H,2-3,8H2,1H3,(H,16,18,19). The number of hydrogen-bond donors (Lipinski definition) is 1. The number of amides is 1. The van der Waals surface area contributed by atoms with Gasteiger partial charge in [0.15, 0.2) is 5.01 Å². The Kier molecular flexibility index (Phi) is 4.21. The molecule has 2 aromatic heterocycles. The molecule has 0 atom stereocenters. The lowest BCUT2D eigenvalue weighted by molar-refractivity contribution is 0.102. The highest BCUT2D eigenvalue weighted by molar-refractivity contribution is 7.20. The number of anilines is 1. The van der Waals surface area contributed by atoms with Gasteiger partial charge in [-0.05, 0) is 18.6 Å². The molecule has 108 valence electrons. The molecular formula is C14H14N4OS2. The van der Waals surface area contributed by atoms with Crippen LogP contribution in [-0.2, 0) is 6.42 Å². The maximum atomic E-state index is 12.2. The predicted molar refractivity (Wildman–Crippen MR) is 86.1 cm³/mol. The van der Waals surface area contributed by atoms with Crippen molar-refractivity contribution in [3.63, 3.8) is 0 Å². The van der Waals surface area contributed by atoms with Crippen molar-refractivity contribution in [2.45, 2.75) is 26.2 Å². The molecular weight excluding hydrogens is 304 g/mol. The number of benzene rings is 1. The second kappa shape index (κ2) is 6.28. The second-order valence-electron chi connectivity index (χ2n) is 4.55. The summed E-state index contributed by atoms with van der Waals surface area (Å²) >= 11 is 2.80. The fourth-order valence-corrected chi connectivity index (χ4v) is 3.49. The molecule has 0 aliphatic carbocycles. The van der Waals surface area contributed by atoms with Gasteiger partial charge in [0.2, 0.25) is 5.13 Å². The van der Waals surface area contributed by atoms with Crippen molar-refractivity contribution in [3.8, 4) is 0 Å². The first-order valence-electron chi connectivity index (χ1n) is 6.75. The second-order valence-corrected chi connectivity index (χ2v) is 6.64. The highest BCUT2D eigenvalue weighted by atomic mass is 32.1. The summed E-state index contributed by atoms with van der Waals surface area (Å²) in [6, 6.07) is 7.70. The lowest BCUT2D eigenvalue weighted by Crippen LogP contribution is -2.11. The third-order valence-electron chi connectivity index (χ3n) is 2.92.